The zero-order valence-electron chi connectivity index (χ0n) is 12.8. The Kier molecular flexibility index (Phi) is 3.68. The summed E-state index contributed by atoms with van der Waals surface area (Å²) < 4.78 is 1.37. The fraction of sp³-hybridized carbons (Fsp3) is 0.150. The molecule has 23 heavy (non-hydrogen) atoms. The predicted octanol–water partition coefficient (Wildman–Crippen LogP) is 3.10. The molecule has 4 rings (SSSR count). The van der Waals surface area contributed by atoms with Crippen LogP contribution in [-0.2, 0) is 4.79 Å². The van der Waals surface area contributed by atoms with Gasteiger partial charge in [0.1, 0.15) is 0 Å². The van der Waals surface area contributed by atoms with Crippen LogP contribution >= 0.6 is 0 Å². The van der Waals surface area contributed by atoms with E-state index >= 15 is 0 Å². The van der Waals surface area contributed by atoms with E-state index in [1.54, 1.807) is 6.92 Å². The molecule has 0 saturated carbocycles. The predicted molar refractivity (Wildman–Crippen MR) is 95.1 cm³/mol. The van der Waals surface area contributed by atoms with Crippen molar-refractivity contribution in [1.82, 2.24) is 5.32 Å². The molecule has 1 amide bonds. The van der Waals surface area contributed by atoms with Crippen LogP contribution in [0.4, 0.5) is 0 Å². The van der Waals surface area contributed by atoms with Gasteiger partial charge in [-0.1, -0.05) is 0 Å². The van der Waals surface area contributed by atoms with Crippen molar-refractivity contribution in [3.8, 4) is 0 Å². The quantitative estimate of drug-likeness (QED) is 0.709. The number of benzene rings is 3. The van der Waals surface area contributed by atoms with Gasteiger partial charge in [-0.05, 0) is 0 Å². The number of hydrogen-bond acceptors (Lipinski definition) is 1. The van der Waals surface area contributed by atoms with E-state index in [-0.39, 0.29) is 26.9 Å². The van der Waals surface area contributed by atoms with Crippen LogP contribution in [0.1, 0.15) is 28.9 Å². The van der Waals surface area contributed by atoms with Gasteiger partial charge in [-0.15, -0.1) is 0 Å². The molecule has 0 fully saturated rings. The van der Waals surface area contributed by atoms with Crippen molar-refractivity contribution in [2.75, 3.05) is 0 Å². The third-order valence-corrected chi connectivity index (χ3v) is 7.06. The van der Waals surface area contributed by atoms with Crippen LogP contribution < -0.4 is 9.78 Å². The van der Waals surface area contributed by atoms with Gasteiger partial charge in [0, 0.05) is 0 Å². The Bertz CT molecular complexity index is 870. The van der Waals surface area contributed by atoms with Crippen LogP contribution in [0.25, 0.3) is 10.8 Å². The molecular weight excluding hydrogens is 349 g/mol. The first-order chi connectivity index (χ1) is 11.2. The van der Waals surface area contributed by atoms with Crippen LogP contribution in [0.3, 0.4) is 0 Å². The van der Waals surface area contributed by atoms with E-state index in [2.05, 4.69) is 72.0 Å². The van der Waals surface area contributed by atoms with Gasteiger partial charge >= 0.3 is 142 Å². The average Bonchev–Trinajstić information content (AvgIpc) is 2.85. The standard InChI is InChI=1S/C20H17NOSe/c1-13(22)21-19-16-11-5-7-14-8-6-12-17(18(14)16)20(19)23-15-9-3-2-4-10-15/h2-12,19-20H,1H3,(H,21,22)/t19-,20-/m0/s1. The zero-order valence-corrected chi connectivity index (χ0v) is 14.5. The molecule has 0 unspecified atom stereocenters. The Morgan fingerprint density at radius 3 is 2.30 bits per heavy atom. The molecule has 3 aromatic rings. The summed E-state index contributed by atoms with van der Waals surface area (Å²) in [4.78, 5) is 12.1. The van der Waals surface area contributed by atoms with E-state index in [9.17, 15) is 4.79 Å². The van der Waals surface area contributed by atoms with Crippen molar-refractivity contribution < 1.29 is 4.79 Å². The van der Waals surface area contributed by atoms with Gasteiger partial charge < -0.3 is 0 Å². The first-order valence-corrected chi connectivity index (χ1v) is 9.59. The third kappa shape index (κ3) is 2.56. The monoisotopic (exact) mass is 367 g/mol. The summed E-state index contributed by atoms with van der Waals surface area (Å²) in [5.74, 6) is 0.0358. The maximum absolute atomic E-state index is 11.8. The van der Waals surface area contributed by atoms with Gasteiger partial charge in [0.25, 0.3) is 0 Å². The molecule has 0 bridgehead atoms. The molecule has 1 aliphatic rings. The molecule has 0 heterocycles. The minimum atomic E-state index is 0.0358. The Hall–Kier alpha value is -2.09. The van der Waals surface area contributed by atoms with Crippen molar-refractivity contribution in [2.45, 2.75) is 17.8 Å². The summed E-state index contributed by atoms with van der Waals surface area (Å²) in [6, 6.07) is 23.6. The van der Waals surface area contributed by atoms with Gasteiger partial charge in [0.2, 0.25) is 0 Å². The number of carbonyl (C=O) groups excluding carboxylic acids is 1. The SMILES string of the molecule is CC(=O)N[C@H]1c2cccc3cccc(c23)[C@@H]1[Se]c1ccccc1. The molecule has 0 aromatic heterocycles. The van der Waals surface area contributed by atoms with Gasteiger partial charge in [0.15, 0.2) is 0 Å². The van der Waals surface area contributed by atoms with Crippen molar-refractivity contribution in [2.24, 2.45) is 0 Å². The number of carbonyl (C=O) groups is 1. The maximum atomic E-state index is 11.8. The Balaban J connectivity index is 1.83. The second-order valence-electron chi connectivity index (χ2n) is 5.82. The summed E-state index contributed by atoms with van der Waals surface area (Å²) in [5.41, 5.74) is 2.64. The molecule has 0 spiro atoms. The topological polar surface area (TPSA) is 29.1 Å². The fourth-order valence-corrected chi connectivity index (χ4v) is 6.08. The van der Waals surface area contributed by atoms with Crippen molar-refractivity contribution >= 4 is 36.1 Å². The van der Waals surface area contributed by atoms with Crippen LogP contribution in [0, 0.1) is 0 Å². The number of hydrogen-bond donors (Lipinski definition) is 1. The van der Waals surface area contributed by atoms with Crippen LogP contribution in [0.15, 0.2) is 66.7 Å². The second kappa shape index (κ2) is 5.84. The number of amides is 1. The van der Waals surface area contributed by atoms with Gasteiger partial charge in [-0.3, -0.25) is 0 Å². The molecule has 3 aromatic carbocycles. The minimum absolute atomic E-state index is 0.0358. The second-order valence-corrected chi connectivity index (χ2v) is 8.37. The molecule has 114 valence electrons. The molecule has 0 radical (unpaired) electrons. The Morgan fingerprint density at radius 2 is 1.61 bits per heavy atom. The molecule has 2 nitrogen and oxygen atoms in total. The Morgan fingerprint density at radius 1 is 0.913 bits per heavy atom. The van der Waals surface area contributed by atoms with E-state index in [1.165, 1.54) is 26.4 Å². The number of rotatable bonds is 3. The van der Waals surface area contributed by atoms with Crippen LogP contribution in [0.2, 0.25) is 0 Å². The molecule has 1 aliphatic carbocycles. The average molecular weight is 366 g/mol. The summed E-state index contributed by atoms with van der Waals surface area (Å²) >= 11 is 0.266. The Labute approximate surface area is 142 Å². The third-order valence-electron chi connectivity index (χ3n) is 4.28. The molecule has 0 saturated heterocycles. The summed E-state index contributed by atoms with van der Waals surface area (Å²) in [6.45, 7) is 1.61. The van der Waals surface area contributed by atoms with Crippen molar-refractivity contribution in [3.05, 3.63) is 77.9 Å². The summed E-state index contributed by atoms with van der Waals surface area (Å²) in [7, 11) is 0. The van der Waals surface area contributed by atoms with E-state index in [4.69, 9.17) is 0 Å². The molecular formula is C20H17NOSe. The van der Waals surface area contributed by atoms with E-state index in [1.807, 2.05) is 0 Å². The molecule has 2 atom stereocenters. The van der Waals surface area contributed by atoms with Crippen LogP contribution in [-0.4, -0.2) is 20.9 Å². The van der Waals surface area contributed by atoms with Gasteiger partial charge in [0.05, 0.1) is 0 Å². The number of nitrogens with one attached hydrogen (secondary N) is 1. The van der Waals surface area contributed by atoms with E-state index < -0.39 is 0 Å². The van der Waals surface area contributed by atoms with Gasteiger partial charge in [-0.25, -0.2) is 0 Å². The normalized spacial score (nSPS) is 19.0. The van der Waals surface area contributed by atoms with E-state index in [0.29, 0.717) is 4.82 Å². The van der Waals surface area contributed by atoms with Crippen LogP contribution in [0.5, 0.6) is 0 Å². The van der Waals surface area contributed by atoms with Gasteiger partial charge in [-0.2, -0.15) is 0 Å². The first kappa shape index (κ1) is 14.5. The summed E-state index contributed by atoms with van der Waals surface area (Å²) in [6.07, 6.45) is 0. The van der Waals surface area contributed by atoms with Crippen molar-refractivity contribution in [1.29, 1.82) is 0 Å². The fourth-order valence-electron chi connectivity index (χ4n) is 3.39. The van der Waals surface area contributed by atoms with E-state index in [0.717, 1.165) is 0 Å². The molecule has 1 N–H and O–H groups in total. The van der Waals surface area contributed by atoms with Crippen molar-refractivity contribution in [3.63, 3.8) is 0 Å². The molecule has 3 heteroatoms. The zero-order chi connectivity index (χ0) is 15.8. The first-order valence-electron chi connectivity index (χ1n) is 7.74. The molecule has 0 aliphatic heterocycles. The summed E-state index contributed by atoms with van der Waals surface area (Å²) in [5, 5.41) is 5.79.